The summed E-state index contributed by atoms with van der Waals surface area (Å²) in [5.41, 5.74) is 2.01. The highest BCUT2D eigenvalue weighted by Crippen LogP contribution is 2.24. The first-order chi connectivity index (χ1) is 10.0. The van der Waals surface area contributed by atoms with Crippen LogP contribution in [0.5, 0.6) is 0 Å². The van der Waals surface area contributed by atoms with E-state index >= 15 is 0 Å². The second-order valence-corrected chi connectivity index (χ2v) is 6.34. The number of carbonyl (C=O) groups is 2. The number of benzene rings is 1. The number of rotatable bonds is 3. The third-order valence-corrected chi connectivity index (χ3v) is 4.51. The molecule has 5 heteroatoms. The van der Waals surface area contributed by atoms with Gasteiger partial charge in [-0.15, -0.1) is 0 Å². The molecule has 0 unspecified atom stereocenters. The molecular formula is C16H21BrN2O2. The topological polar surface area (TPSA) is 49.4 Å². The fourth-order valence-electron chi connectivity index (χ4n) is 2.67. The van der Waals surface area contributed by atoms with Crippen molar-refractivity contribution in [2.24, 2.45) is 5.92 Å². The van der Waals surface area contributed by atoms with Crippen LogP contribution in [0.15, 0.2) is 22.7 Å². The average molecular weight is 353 g/mol. The maximum Gasteiger partial charge on any atom is 0.227 e. The highest BCUT2D eigenvalue weighted by Gasteiger charge is 2.26. The highest BCUT2D eigenvalue weighted by molar-refractivity contribution is 9.10. The second-order valence-electron chi connectivity index (χ2n) is 5.42. The molecule has 1 aromatic carbocycles. The number of amides is 2. The number of piperidine rings is 1. The fraction of sp³-hybridized carbons (Fsp3) is 0.500. The van der Waals surface area contributed by atoms with Gasteiger partial charge in [-0.1, -0.05) is 22.9 Å². The number of hydrogen-bond acceptors (Lipinski definition) is 2. The van der Waals surface area contributed by atoms with Gasteiger partial charge in [-0.05, 0) is 43.0 Å². The zero-order chi connectivity index (χ0) is 15.4. The standard InChI is InChI=1S/C16H21BrN2O2/c1-3-12-10-14(17)4-5-15(12)18-16(21)13-6-8-19(9-7-13)11(2)20/h4-5,10,13H,3,6-9H2,1-2H3,(H,18,21). The van der Waals surface area contributed by atoms with Crippen LogP contribution in [-0.4, -0.2) is 29.8 Å². The molecule has 0 spiro atoms. The number of nitrogens with zero attached hydrogens (tertiary/aromatic N) is 1. The first kappa shape index (κ1) is 16.0. The Balaban J connectivity index is 1.98. The van der Waals surface area contributed by atoms with Gasteiger partial charge in [-0.2, -0.15) is 0 Å². The van der Waals surface area contributed by atoms with Crippen molar-refractivity contribution in [3.05, 3.63) is 28.2 Å². The van der Waals surface area contributed by atoms with Gasteiger partial charge in [0.25, 0.3) is 0 Å². The van der Waals surface area contributed by atoms with Crippen LogP contribution in [0.1, 0.15) is 32.3 Å². The van der Waals surface area contributed by atoms with Gasteiger partial charge in [0, 0.05) is 36.1 Å². The molecule has 1 saturated heterocycles. The third-order valence-electron chi connectivity index (χ3n) is 4.02. The first-order valence-electron chi connectivity index (χ1n) is 7.36. The number of carbonyl (C=O) groups excluding carboxylic acids is 2. The van der Waals surface area contributed by atoms with E-state index in [2.05, 4.69) is 28.2 Å². The molecule has 1 aromatic rings. The van der Waals surface area contributed by atoms with Crippen LogP contribution in [0.2, 0.25) is 0 Å². The van der Waals surface area contributed by atoms with Crippen molar-refractivity contribution in [3.63, 3.8) is 0 Å². The zero-order valence-electron chi connectivity index (χ0n) is 12.5. The molecule has 0 aliphatic carbocycles. The van der Waals surface area contributed by atoms with Gasteiger partial charge in [-0.25, -0.2) is 0 Å². The summed E-state index contributed by atoms with van der Waals surface area (Å²) < 4.78 is 1.02. The van der Waals surface area contributed by atoms with Crippen LogP contribution in [0.4, 0.5) is 5.69 Å². The smallest absolute Gasteiger partial charge is 0.227 e. The molecule has 1 N–H and O–H groups in total. The molecule has 1 aliphatic heterocycles. The molecule has 0 atom stereocenters. The molecular weight excluding hydrogens is 332 g/mol. The normalized spacial score (nSPS) is 15.9. The number of likely N-dealkylation sites (tertiary alicyclic amines) is 1. The van der Waals surface area contributed by atoms with E-state index in [0.717, 1.165) is 35.0 Å². The van der Waals surface area contributed by atoms with Gasteiger partial charge >= 0.3 is 0 Å². The third kappa shape index (κ3) is 4.06. The van der Waals surface area contributed by atoms with Gasteiger partial charge in [0.1, 0.15) is 0 Å². The quantitative estimate of drug-likeness (QED) is 0.907. The minimum atomic E-state index is -0.00560. The summed E-state index contributed by atoms with van der Waals surface area (Å²) >= 11 is 3.45. The Bertz CT molecular complexity index is 537. The van der Waals surface area contributed by atoms with Crippen molar-refractivity contribution in [1.29, 1.82) is 0 Å². The largest absolute Gasteiger partial charge is 0.343 e. The SMILES string of the molecule is CCc1cc(Br)ccc1NC(=O)C1CCN(C(C)=O)CC1. The average Bonchev–Trinajstić information content (AvgIpc) is 2.49. The molecule has 2 amide bonds. The van der Waals surface area contributed by atoms with Gasteiger partial charge in [0.2, 0.25) is 11.8 Å². The number of nitrogens with one attached hydrogen (secondary N) is 1. The van der Waals surface area contributed by atoms with Gasteiger partial charge < -0.3 is 10.2 Å². The molecule has 21 heavy (non-hydrogen) atoms. The van der Waals surface area contributed by atoms with E-state index in [0.29, 0.717) is 13.1 Å². The Morgan fingerprint density at radius 1 is 1.33 bits per heavy atom. The minimum Gasteiger partial charge on any atom is -0.343 e. The maximum absolute atomic E-state index is 12.4. The van der Waals surface area contributed by atoms with Crippen molar-refractivity contribution in [3.8, 4) is 0 Å². The van der Waals surface area contributed by atoms with Crippen LogP contribution < -0.4 is 5.32 Å². The van der Waals surface area contributed by atoms with Gasteiger partial charge in [0.05, 0.1) is 0 Å². The van der Waals surface area contributed by atoms with Gasteiger partial charge in [-0.3, -0.25) is 9.59 Å². The monoisotopic (exact) mass is 352 g/mol. The van der Waals surface area contributed by atoms with Crippen molar-refractivity contribution >= 4 is 33.4 Å². The lowest BCUT2D eigenvalue weighted by Gasteiger charge is -2.30. The molecule has 0 bridgehead atoms. The van der Waals surface area contributed by atoms with E-state index in [1.807, 2.05) is 18.2 Å². The van der Waals surface area contributed by atoms with E-state index in [-0.39, 0.29) is 17.7 Å². The number of anilines is 1. The first-order valence-corrected chi connectivity index (χ1v) is 8.15. The molecule has 1 heterocycles. The Morgan fingerprint density at radius 2 is 2.00 bits per heavy atom. The molecule has 2 rings (SSSR count). The predicted octanol–water partition coefficient (Wildman–Crippen LogP) is 3.21. The van der Waals surface area contributed by atoms with Gasteiger partial charge in [0.15, 0.2) is 0 Å². The Morgan fingerprint density at radius 3 is 2.57 bits per heavy atom. The maximum atomic E-state index is 12.4. The van der Waals surface area contributed by atoms with Crippen LogP contribution in [0.25, 0.3) is 0 Å². The predicted molar refractivity (Wildman–Crippen MR) is 87.1 cm³/mol. The van der Waals surface area contributed by atoms with E-state index in [4.69, 9.17) is 0 Å². The van der Waals surface area contributed by atoms with E-state index in [9.17, 15) is 9.59 Å². The van der Waals surface area contributed by atoms with Crippen molar-refractivity contribution < 1.29 is 9.59 Å². The van der Waals surface area contributed by atoms with Crippen LogP contribution >= 0.6 is 15.9 Å². The molecule has 0 aromatic heterocycles. The summed E-state index contributed by atoms with van der Waals surface area (Å²) in [7, 11) is 0. The van der Waals surface area contributed by atoms with Crippen LogP contribution in [0.3, 0.4) is 0 Å². The van der Waals surface area contributed by atoms with Crippen LogP contribution in [-0.2, 0) is 16.0 Å². The molecule has 114 valence electrons. The fourth-order valence-corrected chi connectivity index (χ4v) is 3.08. The molecule has 1 aliphatic rings. The molecule has 1 fully saturated rings. The molecule has 0 radical (unpaired) electrons. The summed E-state index contributed by atoms with van der Waals surface area (Å²) in [4.78, 5) is 25.5. The Labute approximate surface area is 134 Å². The van der Waals surface area contributed by atoms with Crippen molar-refractivity contribution in [2.45, 2.75) is 33.1 Å². The highest BCUT2D eigenvalue weighted by atomic mass is 79.9. The summed E-state index contributed by atoms with van der Waals surface area (Å²) in [6.07, 6.45) is 2.35. The number of aryl methyl sites for hydroxylation is 1. The number of halogens is 1. The Hall–Kier alpha value is -1.36. The van der Waals surface area contributed by atoms with E-state index in [1.165, 1.54) is 0 Å². The lowest BCUT2D eigenvalue weighted by atomic mass is 9.95. The summed E-state index contributed by atoms with van der Waals surface area (Å²) in [5, 5.41) is 3.04. The summed E-state index contributed by atoms with van der Waals surface area (Å²) in [6.45, 7) is 5.00. The Kier molecular flexibility index (Phi) is 5.39. The van der Waals surface area contributed by atoms with E-state index < -0.39 is 0 Å². The van der Waals surface area contributed by atoms with Crippen molar-refractivity contribution in [2.75, 3.05) is 18.4 Å². The lowest BCUT2D eigenvalue weighted by Crippen LogP contribution is -2.40. The van der Waals surface area contributed by atoms with Crippen molar-refractivity contribution in [1.82, 2.24) is 4.90 Å². The summed E-state index contributed by atoms with van der Waals surface area (Å²) in [5.74, 6) is 0.152. The lowest BCUT2D eigenvalue weighted by molar-refractivity contribution is -0.132. The zero-order valence-corrected chi connectivity index (χ0v) is 14.1. The van der Waals surface area contributed by atoms with Crippen LogP contribution in [0, 0.1) is 5.92 Å². The number of hydrogen-bond donors (Lipinski definition) is 1. The molecule has 4 nitrogen and oxygen atoms in total. The minimum absolute atomic E-state index is 0.00560. The summed E-state index contributed by atoms with van der Waals surface area (Å²) in [6, 6.07) is 5.91. The second kappa shape index (κ2) is 7.07. The van der Waals surface area contributed by atoms with E-state index in [1.54, 1.807) is 11.8 Å². The molecule has 0 saturated carbocycles.